The summed E-state index contributed by atoms with van der Waals surface area (Å²) in [5.41, 5.74) is 2.01. The third kappa shape index (κ3) is 3.83. The molecular formula is C18H17FO3S2. The maximum Gasteiger partial charge on any atom is 0.296 e. The highest BCUT2D eigenvalue weighted by atomic mass is 32.2. The molecule has 0 saturated carbocycles. The summed E-state index contributed by atoms with van der Waals surface area (Å²) in [6.45, 7) is 1.99. The van der Waals surface area contributed by atoms with Crippen molar-refractivity contribution in [2.75, 3.05) is 6.61 Å². The van der Waals surface area contributed by atoms with Crippen LogP contribution in [-0.2, 0) is 20.7 Å². The van der Waals surface area contributed by atoms with Crippen LogP contribution in [0.5, 0.6) is 0 Å². The zero-order chi connectivity index (χ0) is 17.2. The Kier molecular flexibility index (Phi) is 4.99. The summed E-state index contributed by atoms with van der Waals surface area (Å²) in [5, 5.41) is 2.87. The fourth-order valence-corrected chi connectivity index (χ4v) is 4.37. The fourth-order valence-electron chi connectivity index (χ4n) is 2.45. The molecule has 1 heterocycles. The van der Waals surface area contributed by atoms with Crippen molar-refractivity contribution in [3.63, 3.8) is 0 Å². The van der Waals surface area contributed by atoms with Gasteiger partial charge in [-0.1, -0.05) is 17.7 Å². The van der Waals surface area contributed by atoms with Gasteiger partial charge in [0.2, 0.25) is 0 Å². The first-order chi connectivity index (χ1) is 11.5. The molecule has 0 bridgehead atoms. The smallest absolute Gasteiger partial charge is 0.266 e. The summed E-state index contributed by atoms with van der Waals surface area (Å²) >= 11 is 1.56. The predicted octanol–water partition coefficient (Wildman–Crippen LogP) is 4.69. The summed E-state index contributed by atoms with van der Waals surface area (Å²) in [5.74, 6) is -0.264. The van der Waals surface area contributed by atoms with Gasteiger partial charge in [0.1, 0.15) is 5.82 Å². The van der Waals surface area contributed by atoms with Crippen molar-refractivity contribution in [3.05, 3.63) is 64.8 Å². The molecule has 0 radical (unpaired) electrons. The van der Waals surface area contributed by atoms with Gasteiger partial charge < -0.3 is 0 Å². The van der Waals surface area contributed by atoms with Gasteiger partial charge in [-0.15, -0.1) is 11.3 Å². The molecule has 0 aliphatic carbocycles. The van der Waals surface area contributed by atoms with E-state index < -0.39 is 10.1 Å². The minimum absolute atomic E-state index is 0.100. The Morgan fingerprint density at radius 3 is 2.62 bits per heavy atom. The summed E-state index contributed by atoms with van der Waals surface area (Å²) in [7, 11) is -3.72. The van der Waals surface area contributed by atoms with Crippen LogP contribution in [0.3, 0.4) is 0 Å². The van der Waals surface area contributed by atoms with E-state index in [-0.39, 0.29) is 17.3 Å². The Morgan fingerprint density at radius 2 is 1.88 bits per heavy atom. The lowest BCUT2D eigenvalue weighted by Gasteiger charge is -2.06. The number of halogens is 1. The summed E-state index contributed by atoms with van der Waals surface area (Å²) in [6.07, 6.45) is 1.19. The van der Waals surface area contributed by atoms with Gasteiger partial charge in [0.15, 0.2) is 0 Å². The average molecular weight is 364 g/mol. The first-order valence-electron chi connectivity index (χ1n) is 7.57. The summed E-state index contributed by atoms with van der Waals surface area (Å²) < 4.78 is 43.7. The van der Waals surface area contributed by atoms with E-state index in [1.807, 2.05) is 12.3 Å². The SMILES string of the molecule is Cc1ccc(S(=O)(=O)OCCCc2csc3ccc(F)cc23)cc1. The maximum atomic E-state index is 13.4. The number of aryl methyl sites for hydroxylation is 2. The van der Waals surface area contributed by atoms with Gasteiger partial charge in [-0.3, -0.25) is 4.18 Å². The number of benzene rings is 2. The van der Waals surface area contributed by atoms with Crippen LogP contribution in [0.25, 0.3) is 10.1 Å². The Morgan fingerprint density at radius 1 is 1.12 bits per heavy atom. The molecule has 3 rings (SSSR count). The summed E-state index contributed by atoms with van der Waals surface area (Å²) in [4.78, 5) is 0.163. The Balaban J connectivity index is 1.60. The second kappa shape index (κ2) is 7.01. The molecule has 0 N–H and O–H groups in total. The molecule has 0 aliphatic heterocycles. The lowest BCUT2D eigenvalue weighted by molar-refractivity contribution is 0.312. The minimum Gasteiger partial charge on any atom is -0.266 e. The number of hydrogen-bond acceptors (Lipinski definition) is 4. The normalized spacial score (nSPS) is 11.9. The number of hydrogen-bond donors (Lipinski definition) is 0. The van der Waals surface area contributed by atoms with Gasteiger partial charge in [0.05, 0.1) is 11.5 Å². The highest BCUT2D eigenvalue weighted by molar-refractivity contribution is 7.86. The van der Waals surface area contributed by atoms with Gasteiger partial charge in [-0.25, -0.2) is 4.39 Å². The first-order valence-corrected chi connectivity index (χ1v) is 9.86. The lowest BCUT2D eigenvalue weighted by atomic mass is 10.1. The molecule has 126 valence electrons. The molecule has 3 nitrogen and oxygen atoms in total. The van der Waals surface area contributed by atoms with Crippen LogP contribution in [0.4, 0.5) is 4.39 Å². The van der Waals surface area contributed by atoms with Crippen molar-refractivity contribution in [3.8, 4) is 0 Å². The van der Waals surface area contributed by atoms with Gasteiger partial charge in [-0.05, 0) is 66.4 Å². The second-order valence-corrected chi connectivity index (χ2v) is 8.12. The monoisotopic (exact) mass is 364 g/mol. The number of rotatable bonds is 6. The van der Waals surface area contributed by atoms with Gasteiger partial charge in [0, 0.05) is 4.70 Å². The van der Waals surface area contributed by atoms with Crippen LogP contribution in [0, 0.1) is 12.7 Å². The lowest BCUT2D eigenvalue weighted by Crippen LogP contribution is -2.08. The largest absolute Gasteiger partial charge is 0.296 e. The van der Waals surface area contributed by atoms with Crippen LogP contribution < -0.4 is 0 Å². The first kappa shape index (κ1) is 17.1. The van der Waals surface area contributed by atoms with E-state index in [9.17, 15) is 12.8 Å². The Hall–Kier alpha value is -1.76. The highest BCUT2D eigenvalue weighted by Crippen LogP contribution is 2.27. The van der Waals surface area contributed by atoms with Crippen molar-refractivity contribution in [1.29, 1.82) is 0 Å². The van der Waals surface area contributed by atoms with Gasteiger partial charge in [-0.2, -0.15) is 8.42 Å². The quantitative estimate of drug-likeness (QED) is 0.471. The molecule has 0 saturated heterocycles. The van der Waals surface area contributed by atoms with Crippen molar-refractivity contribution < 1.29 is 17.0 Å². The van der Waals surface area contributed by atoms with Gasteiger partial charge in [0.25, 0.3) is 10.1 Å². The molecule has 6 heteroatoms. The van der Waals surface area contributed by atoms with Crippen molar-refractivity contribution >= 4 is 31.5 Å². The summed E-state index contributed by atoms with van der Waals surface area (Å²) in [6, 6.07) is 11.3. The van der Waals surface area contributed by atoms with Crippen molar-refractivity contribution in [2.45, 2.75) is 24.7 Å². The molecule has 2 aromatic carbocycles. The third-order valence-corrected chi connectivity index (χ3v) is 6.09. The number of fused-ring (bicyclic) bond motifs is 1. The zero-order valence-corrected chi connectivity index (χ0v) is 14.8. The predicted molar refractivity (Wildman–Crippen MR) is 94.4 cm³/mol. The average Bonchev–Trinajstić information content (AvgIpc) is 2.94. The third-order valence-electron chi connectivity index (χ3n) is 3.75. The molecule has 3 aromatic rings. The molecule has 0 fully saturated rings. The van der Waals surface area contributed by atoms with Crippen molar-refractivity contribution in [1.82, 2.24) is 0 Å². The molecule has 1 aromatic heterocycles. The van der Waals surface area contributed by atoms with E-state index in [1.165, 1.54) is 12.1 Å². The zero-order valence-electron chi connectivity index (χ0n) is 13.2. The molecule has 0 amide bonds. The molecule has 0 aliphatic rings. The molecular weight excluding hydrogens is 347 g/mol. The van der Waals surface area contributed by atoms with Crippen LogP contribution in [-0.4, -0.2) is 15.0 Å². The van der Waals surface area contributed by atoms with Crippen LogP contribution in [0.2, 0.25) is 0 Å². The van der Waals surface area contributed by atoms with E-state index in [0.717, 1.165) is 21.2 Å². The maximum absolute atomic E-state index is 13.4. The second-order valence-electron chi connectivity index (χ2n) is 5.59. The standard InChI is InChI=1S/C18H17FO3S2/c1-13-4-7-16(8-5-13)24(20,21)22-10-2-3-14-12-23-18-9-6-15(19)11-17(14)18/h4-9,11-12H,2-3,10H2,1H3. The fraction of sp³-hybridized carbons (Fsp3) is 0.222. The highest BCUT2D eigenvalue weighted by Gasteiger charge is 2.14. The Bertz CT molecular complexity index is 944. The van der Waals surface area contributed by atoms with Crippen LogP contribution in [0.1, 0.15) is 17.5 Å². The molecule has 0 unspecified atom stereocenters. The van der Waals surface area contributed by atoms with Gasteiger partial charge >= 0.3 is 0 Å². The van der Waals surface area contributed by atoms with Crippen molar-refractivity contribution in [2.24, 2.45) is 0 Å². The van der Waals surface area contributed by atoms with E-state index in [2.05, 4.69) is 0 Å². The number of thiophene rings is 1. The van der Waals surface area contributed by atoms with E-state index >= 15 is 0 Å². The topological polar surface area (TPSA) is 43.4 Å². The van der Waals surface area contributed by atoms with E-state index in [4.69, 9.17) is 4.18 Å². The van der Waals surface area contributed by atoms with Crippen LogP contribution >= 0.6 is 11.3 Å². The molecule has 0 atom stereocenters. The minimum atomic E-state index is -3.72. The van der Waals surface area contributed by atoms with Crippen LogP contribution in [0.15, 0.2) is 52.7 Å². The Labute approximate surface area is 144 Å². The van der Waals surface area contributed by atoms with E-state index in [0.29, 0.717) is 12.8 Å². The molecule has 24 heavy (non-hydrogen) atoms. The van der Waals surface area contributed by atoms with E-state index in [1.54, 1.807) is 41.7 Å². The molecule has 0 spiro atoms.